The van der Waals surface area contributed by atoms with E-state index in [-0.39, 0.29) is 0 Å². The molecule has 6 heteroatoms. The molecule has 6 nitrogen and oxygen atoms in total. The summed E-state index contributed by atoms with van der Waals surface area (Å²) in [5, 5.41) is 4.79. The summed E-state index contributed by atoms with van der Waals surface area (Å²) in [5.41, 5.74) is 30.3. The SMILES string of the molecule is c1cncc(-c2cccc(-c3ccc4c(c3)c3cc(-c5cccc(-c6cccnc6)c5)ccc3n4-c3ccc4c(c3)-c3cc(-n5c6ccc(-c7cccc(-c8cccnc8)c7)cc6c6cc(-c7cccc(-c8cccnc8)c7)ccc65)ccc3C4)c2)c1. The lowest BCUT2D eigenvalue weighted by Gasteiger charge is -2.13. The lowest BCUT2D eigenvalue weighted by atomic mass is 9.97. The van der Waals surface area contributed by atoms with Gasteiger partial charge in [-0.25, -0.2) is 0 Å². The van der Waals surface area contributed by atoms with Crippen LogP contribution in [0.2, 0.25) is 0 Å². The highest BCUT2D eigenvalue weighted by atomic mass is 15.0. The van der Waals surface area contributed by atoms with E-state index in [0.717, 1.165) is 129 Å². The minimum absolute atomic E-state index is 0.872. The normalized spacial score (nSPS) is 11.9. The summed E-state index contributed by atoms with van der Waals surface area (Å²) >= 11 is 0. The standard InChI is InChI=1S/C81H52N6/c1-9-52(37-56(13-1)66-17-5-33-82-48-66)60-23-29-78-74(42-60)75-43-61(53-10-2-14-57(38-53)67-18-6-34-83-49-67)24-30-79(75)86(78)70-27-21-64-41-65-22-28-71(47-73(65)72(64)46-70)87-80-31-25-62(54-11-3-15-58(39-54)68-19-7-35-84-50-68)44-76(80)77-45-63(26-32-81(77)87)55-12-4-16-59(40-55)69-20-8-36-85-51-69/h1-40,42-51H,41H2. The second-order valence-electron chi connectivity index (χ2n) is 22.7. The first-order chi connectivity index (χ1) is 43.1. The molecule has 0 aliphatic heterocycles. The molecule has 0 unspecified atom stereocenters. The summed E-state index contributed by atoms with van der Waals surface area (Å²) in [6.07, 6.45) is 15.9. The molecule has 0 spiro atoms. The molecule has 0 amide bonds. The Labute approximate surface area is 503 Å². The van der Waals surface area contributed by atoms with Crippen molar-refractivity contribution in [3.05, 3.63) is 315 Å². The number of hydrogen-bond donors (Lipinski definition) is 0. The van der Waals surface area contributed by atoms with E-state index >= 15 is 0 Å². The van der Waals surface area contributed by atoms with E-state index in [4.69, 9.17) is 0 Å². The van der Waals surface area contributed by atoms with Gasteiger partial charge >= 0.3 is 0 Å². The molecule has 1 aliphatic rings. The molecule has 406 valence electrons. The summed E-state index contributed by atoms with van der Waals surface area (Å²) in [5.74, 6) is 0. The minimum Gasteiger partial charge on any atom is -0.309 e. The van der Waals surface area contributed by atoms with Crippen LogP contribution in [0.25, 0.3) is 155 Å². The third-order valence-corrected chi connectivity index (χ3v) is 17.7. The number of benzene rings is 10. The molecule has 0 bridgehead atoms. The molecule has 6 heterocycles. The van der Waals surface area contributed by atoms with Crippen LogP contribution < -0.4 is 0 Å². The van der Waals surface area contributed by atoms with Crippen molar-refractivity contribution in [2.45, 2.75) is 6.42 Å². The quantitative estimate of drug-likeness (QED) is 0.137. The second kappa shape index (κ2) is 20.6. The molecule has 10 aromatic carbocycles. The van der Waals surface area contributed by atoms with Crippen molar-refractivity contribution in [1.82, 2.24) is 29.1 Å². The van der Waals surface area contributed by atoms with Gasteiger partial charge in [0.15, 0.2) is 0 Å². The van der Waals surface area contributed by atoms with Crippen molar-refractivity contribution in [3.8, 4) is 112 Å². The van der Waals surface area contributed by atoms with E-state index in [1.165, 1.54) is 43.8 Å². The summed E-state index contributed by atoms with van der Waals surface area (Å²) in [4.78, 5) is 17.7. The summed E-state index contributed by atoms with van der Waals surface area (Å²) in [6, 6.07) is 93.9. The Bertz CT molecular complexity index is 4740. The largest absolute Gasteiger partial charge is 0.309 e. The molecule has 0 radical (unpaired) electrons. The van der Waals surface area contributed by atoms with Gasteiger partial charge < -0.3 is 9.13 Å². The van der Waals surface area contributed by atoms with E-state index in [9.17, 15) is 0 Å². The number of nitrogens with zero attached hydrogens (tertiary/aromatic N) is 6. The summed E-state index contributed by atoms with van der Waals surface area (Å²) < 4.78 is 4.94. The first-order valence-electron chi connectivity index (χ1n) is 29.6. The second-order valence-corrected chi connectivity index (χ2v) is 22.7. The van der Waals surface area contributed by atoms with Gasteiger partial charge in [0.1, 0.15) is 0 Å². The van der Waals surface area contributed by atoms with Gasteiger partial charge in [-0.05, 0) is 217 Å². The van der Waals surface area contributed by atoms with E-state index in [0.29, 0.717) is 0 Å². The number of hydrogen-bond acceptors (Lipinski definition) is 4. The molecule has 87 heavy (non-hydrogen) atoms. The van der Waals surface area contributed by atoms with E-state index in [2.05, 4.69) is 260 Å². The number of aromatic nitrogens is 6. The zero-order valence-electron chi connectivity index (χ0n) is 47.3. The van der Waals surface area contributed by atoms with E-state index < -0.39 is 0 Å². The van der Waals surface area contributed by atoms with Crippen LogP contribution in [0.4, 0.5) is 0 Å². The van der Waals surface area contributed by atoms with Gasteiger partial charge in [0.25, 0.3) is 0 Å². The first-order valence-corrected chi connectivity index (χ1v) is 29.6. The van der Waals surface area contributed by atoms with Crippen LogP contribution in [0.3, 0.4) is 0 Å². The molecule has 1 aliphatic carbocycles. The van der Waals surface area contributed by atoms with Gasteiger partial charge in [-0.1, -0.05) is 133 Å². The molecule has 0 atom stereocenters. The van der Waals surface area contributed by atoms with Gasteiger partial charge in [-0.3, -0.25) is 19.9 Å². The smallest absolute Gasteiger partial charge is 0.0541 e. The maximum absolute atomic E-state index is 4.43. The van der Waals surface area contributed by atoms with Gasteiger partial charge in [0, 0.05) is 105 Å². The maximum atomic E-state index is 4.43. The number of rotatable bonds is 10. The Morgan fingerprint density at radius 2 is 0.471 bits per heavy atom. The molecular weight excluding hydrogens is 1060 g/mol. The van der Waals surface area contributed by atoms with Crippen molar-refractivity contribution in [2.24, 2.45) is 0 Å². The van der Waals surface area contributed by atoms with Gasteiger partial charge in [-0.15, -0.1) is 0 Å². The van der Waals surface area contributed by atoms with Gasteiger partial charge in [0.2, 0.25) is 0 Å². The van der Waals surface area contributed by atoms with Gasteiger partial charge in [0.05, 0.1) is 22.1 Å². The highest BCUT2D eigenvalue weighted by molar-refractivity contribution is 6.13. The Hall–Kier alpha value is -11.6. The van der Waals surface area contributed by atoms with Crippen LogP contribution >= 0.6 is 0 Å². The van der Waals surface area contributed by atoms with Crippen LogP contribution in [0.15, 0.2) is 304 Å². The van der Waals surface area contributed by atoms with Crippen molar-refractivity contribution in [2.75, 3.05) is 0 Å². The fourth-order valence-corrected chi connectivity index (χ4v) is 13.4. The molecule has 0 fully saturated rings. The van der Waals surface area contributed by atoms with E-state index in [1.54, 1.807) is 0 Å². The van der Waals surface area contributed by atoms with Crippen molar-refractivity contribution in [3.63, 3.8) is 0 Å². The monoisotopic (exact) mass is 1110 g/mol. The van der Waals surface area contributed by atoms with Crippen LogP contribution in [0, 0.1) is 0 Å². The summed E-state index contributed by atoms with van der Waals surface area (Å²) in [7, 11) is 0. The topological polar surface area (TPSA) is 61.4 Å². The fourth-order valence-electron chi connectivity index (χ4n) is 13.4. The minimum atomic E-state index is 0.872. The van der Waals surface area contributed by atoms with Crippen molar-refractivity contribution >= 4 is 43.6 Å². The lowest BCUT2D eigenvalue weighted by molar-refractivity contribution is 1.17. The molecule has 6 aromatic heterocycles. The predicted molar refractivity (Wildman–Crippen MR) is 358 cm³/mol. The average Bonchev–Trinajstić information content (AvgIpc) is 1.86. The number of pyridine rings is 4. The lowest BCUT2D eigenvalue weighted by Crippen LogP contribution is -1.96. The third-order valence-electron chi connectivity index (χ3n) is 17.7. The highest BCUT2D eigenvalue weighted by Gasteiger charge is 2.24. The molecule has 16 aromatic rings. The van der Waals surface area contributed by atoms with Crippen LogP contribution in [-0.2, 0) is 6.42 Å². The zero-order chi connectivity index (χ0) is 57.4. The summed E-state index contributed by atoms with van der Waals surface area (Å²) in [6.45, 7) is 0. The van der Waals surface area contributed by atoms with E-state index in [1.807, 2.05) is 73.8 Å². The highest BCUT2D eigenvalue weighted by Crippen LogP contribution is 2.45. The Kier molecular flexibility index (Phi) is 11.8. The molecule has 0 N–H and O–H groups in total. The molecule has 0 saturated carbocycles. The van der Waals surface area contributed by atoms with Crippen molar-refractivity contribution < 1.29 is 0 Å². The Morgan fingerprint density at radius 3 is 0.736 bits per heavy atom. The van der Waals surface area contributed by atoms with Gasteiger partial charge in [-0.2, -0.15) is 0 Å². The third kappa shape index (κ3) is 8.81. The van der Waals surface area contributed by atoms with Crippen LogP contribution in [0.1, 0.15) is 11.1 Å². The zero-order valence-corrected chi connectivity index (χ0v) is 47.3. The average molecular weight is 1110 g/mol. The fraction of sp³-hybridized carbons (Fsp3) is 0.0123. The first kappa shape index (κ1) is 50.0. The molecule has 17 rings (SSSR count). The Morgan fingerprint density at radius 1 is 0.218 bits per heavy atom. The number of fused-ring (bicyclic) bond motifs is 9. The van der Waals surface area contributed by atoms with Crippen LogP contribution in [-0.4, -0.2) is 29.1 Å². The molecular formula is C81H52N6. The maximum Gasteiger partial charge on any atom is 0.0541 e. The van der Waals surface area contributed by atoms with Crippen LogP contribution in [0.5, 0.6) is 0 Å². The molecule has 0 saturated heterocycles. The Balaban J connectivity index is 0.803. The van der Waals surface area contributed by atoms with Crippen molar-refractivity contribution in [1.29, 1.82) is 0 Å². The predicted octanol–water partition coefficient (Wildman–Crippen LogP) is 20.4.